The van der Waals surface area contributed by atoms with Crippen molar-refractivity contribution in [3.05, 3.63) is 60.7 Å². The van der Waals surface area contributed by atoms with Gasteiger partial charge in [0.25, 0.3) is 0 Å². The maximum atomic E-state index is 12.2. The predicted molar refractivity (Wildman–Crippen MR) is 170 cm³/mol. The molecule has 0 saturated carbocycles. The van der Waals surface area contributed by atoms with Gasteiger partial charge in [0.05, 0.1) is 28.7 Å². The molecule has 1 fully saturated rings. The van der Waals surface area contributed by atoms with Crippen LogP contribution in [0.15, 0.2) is 60.7 Å². The molecule has 1 aliphatic rings. The number of rotatable bonds is 11. The van der Waals surface area contributed by atoms with Gasteiger partial charge >= 0.3 is 0 Å². The highest BCUT2D eigenvalue weighted by atomic mass is 16.5. The Hall–Kier alpha value is -4.17. The van der Waals surface area contributed by atoms with Crippen LogP contribution in [0, 0.1) is 5.92 Å². The molecular weight excluding hydrogens is 524 g/mol. The molecule has 0 spiro atoms. The van der Waals surface area contributed by atoms with Crippen molar-refractivity contribution in [3.8, 4) is 28.5 Å². The number of fused-ring (bicyclic) bond motifs is 2. The first-order valence-electron chi connectivity index (χ1n) is 15.2. The molecule has 0 aliphatic carbocycles. The van der Waals surface area contributed by atoms with E-state index in [0.29, 0.717) is 18.8 Å². The lowest BCUT2D eigenvalue weighted by Crippen LogP contribution is -2.44. The second-order valence-electron chi connectivity index (χ2n) is 11.5. The molecule has 5 aromatic rings. The van der Waals surface area contributed by atoms with Crippen molar-refractivity contribution in [1.82, 2.24) is 24.8 Å². The number of H-pyrrole nitrogens is 2. The summed E-state index contributed by atoms with van der Waals surface area (Å²) in [4.78, 5) is 33.8. The highest BCUT2D eigenvalue weighted by Gasteiger charge is 2.16. The molecule has 1 aliphatic heterocycles. The zero-order valence-corrected chi connectivity index (χ0v) is 24.8. The molecule has 2 N–H and O–H groups in total. The number of carbonyl (C=O) groups is 1. The molecule has 218 valence electrons. The number of carbonyl (C=O) groups excluding carboxylic acids is 1. The van der Waals surface area contributed by atoms with Crippen LogP contribution in [0.4, 0.5) is 5.69 Å². The van der Waals surface area contributed by atoms with Crippen molar-refractivity contribution >= 4 is 33.5 Å². The van der Waals surface area contributed by atoms with Crippen LogP contribution in [0.3, 0.4) is 0 Å². The van der Waals surface area contributed by atoms with Gasteiger partial charge in [-0.1, -0.05) is 32.4 Å². The third-order valence-corrected chi connectivity index (χ3v) is 8.30. The first-order valence-corrected chi connectivity index (χ1v) is 15.2. The first kappa shape index (κ1) is 28.0. The van der Waals surface area contributed by atoms with E-state index in [1.165, 1.54) is 5.69 Å². The fourth-order valence-corrected chi connectivity index (χ4v) is 5.70. The smallest absolute Gasteiger partial charge is 0.138 e. The number of aromatic amines is 2. The van der Waals surface area contributed by atoms with Gasteiger partial charge in [0.1, 0.15) is 23.2 Å². The Labute approximate surface area is 247 Å². The molecule has 0 bridgehead atoms. The summed E-state index contributed by atoms with van der Waals surface area (Å²) in [6.45, 7) is 8.89. The number of benzene rings is 3. The van der Waals surface area contributed by atoms with Crippen molar-refractivity contribution in [3.63, 3.8) is 0 Å². The van der Waals surface area contributed by atoms with Crippen LogP contribution in [-0.2, 0) is 4.79 Å². The van der Waals surface area contributed by atoms with Crippen LogP contribution in [0.5, 0.6) is 5.75 Å². The van der Waals surface area contributed by atoms with E-state index in [-0.39, 0.29) is 5.92 Å². The number of ketones is 1. The molecule has 1 atom stereocenters. The summed E-state index contributed by atoms with van der Waals surface area (Å²) in [6.07, 6.45) is 3.29. The zero-order chi connectivity index (χ0) is 29.1. The van der Waals surface area contributed by atoms with E-state index in [4.69, 9.17) is 14.7 Å². The SMILES string of the molecule is CCCC(C)C(=O)CCCOc1cccc(-c2nc3ccc(-c4nc5ccc(N6CCN(C)CC6)cc5[nH]4)cc3[nH]2)c1. The lowest BCUT2D eigenvalue weighted by Gasteiger charge is -2.34. The number of piperazine rings is 1. The Morgan fingerprint density at radius 3 is 2.33 bits per heavy atom. The summed E-state index contributed by atoms with van der Waals surface area (Å²) in [7, 11) is 2.18. The van der Waals surface area contributed by atoms with Gasteiger partial charge < -0.3 is 24.5 Å². The van der Waals surface area contributed by atoms with Crippen molar-refractivity contribution in [2.45, 2.75) is 39.5 Å². The number of aromatic nitrogens is 4. The Morgan fingerprint density at radius 2 is 1.60 bits per heavy atom. The van der Waals surface area contributed by atoms with E-state index in [0.717, 1.165) is 96.0 Å². The van der Waals surface area contributed by atoms with Crippen LogP contribution in [0.25, 0.3) is 44.8 Å². The van der Waals surface area contributed by atoms with Crippen LogP contribution >= 0.6 is 0 Å². The molecule has 8 heteroatoms. The van der Waals surface area contributed by atoms with Crippen molar-refractivity contribution in [1.29, 1.82) is 0 Å². The molecule has 1 unspecified atom stereocenters. The standard InChI is InChI=1S/C34H40N6O2/c1-4-7-23(2)32(41)10-6-19-42-27-9-5-8-24(20-27)33-35-28-13-11-25(21-30(28)37-33)34-36-29-14-12-26(22-31(29)38-34)40-17-15-39(3)16-18-40/h5,8-9,11-14,20-23H,4,6-7,10,15-19H2,1-3H3,(H,35,37)(H,36,38). The quantitative estimate of drug-likeness (QED) is 0.174. The van der Waals surface area contributed by atoms with Gasteiger partial charge in [-0.25, -0.2) is 9.97 Å². The van der Waals surface area contributed by atoms with E-state index in [1.54, 1.807) is 0 Å². The largest absolute Gasteiger partial charge is 0.494 e. The van der Waals surface area contributed by atoms with E-state index >= 15 is 0 Å². The predicted octanol–water partition coefficient (Wildman–Crippen LogP) is 6.69. The average Bonchev–Trinajstić information content (AvgIpc) is 3.63. The van der Waals surface area contributed by atoms with E-state index in [2.05, 4.69) is 64.1 Å². The summed E-state index contributed by atoms with van der Waals surface area (Å²) in [5.74, 6) is 2.88. The Bertz CT molecular complexity index is 1680. The van der Waals surface area contributed by atoms with Crippen LogP contribution in [0.2, 0.25) is 0 Å². The van der Waals surface area contributed by atoms with E-state index in [1.807, 2.05) is 37.3 Å². The molecule has 3 heterocycles. The van der Waals surface area contributed by atoms with Crippen LogP contribution in [-0.4, -0.2) is 70.5 Å². The number of nitrogens with one attached hydrogen (secondary N) is 2. The maximum absolute atomic E-state index is 12.2. The third kappa shape index (κ3) is 6.19. The van der Waals surface area contributed by atoms with Crippen molar-refractivity contribution in [2.75, 3.05) is 44.7 Å². The molecular formula is C34H40N6O2. The second-order valence-corrected chi connectivity index (χ2v) is 11.5. The Kier molecular flexibility index (Phi) is 8.24. The second kappa shape index (κ2) is 12.4. The lowest BCUT2D eigenvalue weighted by atomic mass is 9.98. The highest BCUT2D eigenvalue weighted by Crippen LogP contribution is 2.29. The summed E-state index contributed by atoms with van der Waals surface area (Å²) in [5, 5.41) is 0. The van der Waals surface area contributed by atoms with Gasteiger partial charge in [-0.15, -0.1) is 0 Å². The summed E-state index contributed by atoms with van der Waals surface area (Å²) < 4.78 is 5.98. The monoisotopic (exact) mass is 564 g/mol. The maximum Gasteiger partial charge on any atom is 0.138 e. The highest BCUT2D eigenvalue weighted by molar-refractivity contribution is 5.87. The number of anilines is 1. The minimum atomic E-state index is 0.138. The number of nitrogens with zero attached hydrogens (tertiary/aromatic N) is 4. The van der Waals surface area contributed by atoms with Crippen molar-refractivity contribution in [2.24, 2.45) is 5.92 Å². The molecule has 0 radical (unpaired) electrons. The number of likely N-dealkylation sites (N-methyl/N-ethyl adjacent to an activating group) is 1. The molecule has 42 heavy (non-hydrogen) atoms. The Balaban J connectivity index is 1.14. The number of hydrogen-bond acceptors (Lipinski definition) is 6. The van der Waals surface area contributed by atoms with Gasteiger partial charge in [-0.3, -0.25) is 4.79 Å². The molecule has 8 nitrogen and oxygen atoms in total. The van der Waals surface area contributed by atoms with Crippen LogP contribution in [0.1, 0.15) is 39.5 Å². The molecule has 6 rings (SSSR count). The fourth-order valence-electron chi connectivity index (χ4n) is 5.70. The minimum absolute atomic E-state index is 0.138. The lowest BCUT2D eigenvalue weighted by molar-refractivity contribution is -0.122. The fraction of sp³-hybridized carbons (Fsp3) is 0.382. The first-order chi connectivity index (χ1) is 20.5. The van der Waals surface area contributed by atoms with Gasteiger partial charge in [0, 0.05) is 55.3 Å². The van der Waals surface area contributed by atoms with E-state index < -0.39 is 0 Å². The molecule has 3 aromatic carbocycles. The Morgan fingerprint density at radius 1 is 0.905 bits per heavy atom. The number of Topliss-reactive ketones (excluding diaryl/α,β-unsaturated/α-hetero) is 1. The van der Waals surface area contributed by atoms with Crippen LogP contribution < -0.4 is 9.64 Å². The average molecular weight is 565 g/mol. The summed E-state index contributed by atoms with van der Waals surface area (Å²) in [5.41, 5.74) is 7.06. The van der Waals surface area contributed by atoms with Gasteiger partial charge in [-0.05, 0) is 68.4 Å². The molecule has 0 amide bonds. The van der Waals surface area contributed by atoms with Crippen molar-refractivity contribution < 1.29 is 9.53 Å². The molecule has 2 aromatic heterocycles. The molecule has 1 saturated heterocycles. The zero-order valence-electron chi connectivity index (χ0n) is 24.8. The number of hydrogen-bond donors (Lipinski definition) is 2. The normalized spacial score (nSPS) is 15.0. The van der Waals surface area contributed by atoms with Gasteiger partial charge in [0.15, 0.2) is 0 Å². The number of imidazole rings is 2. The van der Waals surface area contributed by atoms with Gasteiger partial charge in [-0.2, -0.15) is 0 Å². The minimum Gasteiger partial charge on any atom is -0.494 e. The third-order valence-electron chi connectivity index (χ3n) is 8.30. The number of ether oxygens (including phenoxy) is 1. The summed E-state index contributed by atoms with van der Waals surface area (Å²) >= 11 is 0. The van der Waals surface area contributed by atoms with E-state index in [9.17, 15) is 4.79 Å². The van der Waals surface area contributed by atoms with Gasteiger partial charge in [0.2, 0.25) is 0 Å². The summed E-state index contributed by atoms with van der Waals surface area (Å²) in [6, 6.07) is 20.6. The topological polar surface area (TPSA) is 90.1 Å².